The molecule has 126 valence electrons. The lowest BCUT2D eigenvalue weighted by molar-refractivity contribution is 0.112. The third-order valence-electron chi connectivity index (χ3n) is 4.27. The van der Waals surface area contributed by atoms with Crippen molar-refractivity contribution < 1.29 is 9.53 Å². The van der Waals surface area contributed by atoms with E-state index in [1.54, 1.807) is 30.9 Å². The minimum atomic E-state index is 0.323. The first-order valence-corrected chi connectivity index (χ1v) is 8.09. The molecule has 3 aromatic heterocycles. The summed E-state index contributed by atoms with van der Waals surface area (Å²) in [6.45, 7) is 0. The number of benzene rings is 1. The molecule has 0 bridgehead atoms. The first-order valence-electron chi connectivity index (χ1n) is 8.09. The topological polar surface area (TPSA) is 65.0 Å². The maximum absolute atomic E-state index is 11.3. The van der Waals surface area contributed by atoms with E-state index in [4.69, 9.17) is 4.74 Å². The van der Waals surface area contributed by atoms with Crippen LogP contribution in [0.3, 0.4) is 0 Å². The molecule has 26 heavy (non-hydrogen) atoms. The number of fused-ring (bicyclic) bond motifs is 1. The van der Waals surface area contributed by atoms with E-state index in [-0.39, 0.29) is 0 Å². The number of nitrogens with zero attached hydrogens (tertiary/aromatic N) is 3. The van der Waals surface area contributed by atoms with Crippen molar-refractivity contribution in [1.82, 2.24) is 15.0 Å². The summed E-state index contributed by atoms with van der Waals surface area (Å²) in [4.78, 5) is 24.1. The Hall–Kier alpha value is -3.60. The summed E-state index contributed by atoms with van der Waals surface area (Å²) in [6, 6.07) is 13.7. The SMILES string of the molecule is COc1ncc(-c2ccc3nccc(-c4ccncc4)c3c2)cc1C=O. The Morgan fingerprint density at radius 3 is 2.50 bits per heavy atom. The number of carbonyl (C=O) groups is 1. The zero-order chi connectivity index (χ0) is 17.9. The number of rotatable bonds is 4. The van der Waals surface area contributed by atoms with E-state index in [1.807, 2.05) is 30.3 Å². The predicted octanol–water partition coefficient (Wildman–Crippen LogP) is 4.18. The highest BCUT2D eigenvalue weighted by atomic mass is 16.5. The van der Waals surface area contributed by atoms with E-state index < -0.39 is 0 Å². The lowest BCUT2D eigenvalue weighted by Gasteiger charge is -2.10. The zero-order valence-electron chi connectivity index (χ0n) is 14.1. The molecule has 0 amide bonds. The molecular formula is C21H15N3O2. The van der Waals surface area contributed by atoms with Crippen molar-refractivity contribution in [3.63, 3.8) is 0 Å². The molecule has 1 aromatic carbocycles. The summed E-state index contributed by atoms with van der Waals surface area (Å²) in [5, 5.41) is 1.03. The van der Waals surface area contributed by atoms with Crippen LogP contribution in [0.1, 0.15) is 10.4 Å². The molecular weight excluding hydrogens is 326 g/mol. The van der Waals surface area contributed by atoms with Crippen LogP contribution in [0.15, 0.2) is 67.3 Å². The van der Waals surface area contributed by atoms with Gasteiger partial charge in [0.25, 0.3) is 0 Å². The van der Waals surface area contributed by atoms with Gasteiger partial charge in [0.15, 0.2) is 6.29 Å². The van der Waals surface area contributed by atoms with Crippen LogP contribution in [0.2, 0.25) is 0 Å². The van der Waals surface area contributed by atoms with Crippen molar-refractivity contribution in [2.75, 3.05) is 7.11 Å². The molecule has 0 fully saturated rings. The lowest BCUT2D eigenvalue weighted by Crippen LogP contribution is -1.95. The quantitative estimate of drug-likeness (QED) is 0.521. The second kappa shape index (κ2) is 6.72. The van der Waals surface area contributed by atoms with Gasteiger partial charge in [-0.2, -0.15) is 0 Å². The molecule has 3 heterocycles. The average molecular weight is 341 g/mol. The Morgan fingerprint density at radius 1 is 0.885 bits per heavy atom. The van der Waals surface area contributed by atoms with Crippen LogP contribution in [0.25, 0.3) is 33.2 Å². The van der Waals surface area contributed by atoms with Gasteiger partial charge in [-0.05, 0) is 53.1 Å². The van der Waals surface area contributed by atoms with E-state index in [1.165, 1.54) is 7.11 Å². The third kappa shape index (κ3) is 2.80. The number of aromatic nitrogens is 3. The fourth-order valence-electron chi connectivity index (χ4n) is 2.99. The van der Waals surface area contributed by atoms with Crippen LogP contribution in [-0.4, -0.2) is 28.3 Å². The number of hydrogen-bond acceptors (Lipinski definition) is 5. The van der Waals surface area contributed by atoms with E-state index >= 15 is 0 Å². The predicted molar refractivity (Wildman–Crippen MR) is 100 cm³/mol. The molecule has 0 unspecified atom stereocenters. The Kier molecular flexibility index (Phi) is 4.11. The molecule has 5 nitrogen and oxygen atoms in total. The highest BCUT2D eigenvalue weighted by Gasteiger charge is 2.10. The minimum Gasteiger partial charge on any atom is -0.480 e. The maximum atomic E-state index is 11.3. The zero-order valence-corrected chi connectivity index (χ0v) is 14.1. The Morgan fingerprint density at radius 2 is 1.73 bits per heavy atom. The summed E-state index contributed by atoms with van der Waals surface area (Å²) in [5.74, 6) is 0.323. The number of ether oxygens (including phenoxy) is 1. The fourth-order valence-corrected chi connectivity index (χ4v) is 2.99. The van der Waals surface area contributed by atoms with E-state index in [2.05, 4.69) is 21.0 Å². The van der Waals surface area contributed by atoms with Gasteiger partial charge in [0.05, 0.1) is 18.2 Å². The van der Waals surface area contributed by atoms with Crippen LogP contribution in [0.5, 0.6) is 5.88 Å². The Balaban J connectivity index is 1.89. The second-order valence-corrected chi connectivity index (χ2v) is 5.77. The fraction of sp³-hybridized carbons (Fsp3) is 0.0476. The van der Waals surface area contributed by atoms with Gasteiger partial charge >= 0.3 is 0 Å². The lowest BCUT2D eigenvalue weighted by atomic mass is 9.98. The van der Waals surface area contributed by atoms with Crippen molar-refractivity contribution in [2.45, 2.75) is 0 Å². The molecule has 4 rings (SSSR count). The van der Waals surface area contributed by atoms with E-state index in [9.17, 15) is 4.79 Å². The Bertz CT molecular complexity index is 1090. The van der Waals surface area contributed by atoms with Gasteiger partial charge in [-0.3, -0.25) is 14.8 Å². The van der Waals surface area contributed by atoms with Gasteiger partial charge in [0.1, 0.15) is 0 Å². The molecule has 4 aromatic rings. The summed E-state index contributed by atoms with van der Waals surface area (Å²) in [6.07, 6.45) is 7.80. The van der Waals surface area contributed by atoms with Gasteiger partial charge < -0.3 is 4.74 Å². The first kappa shape index (κ1) is 15.9. The number of aldehydes is 1. The van der Waals surface area contributed by atoms with Crippen LogP contribution >= 0.6 is 0 Å². The Labute approximate surface area is 150 Å². The molecule has 0 N–H and O–H groups in total. The van der Waals surface area contributed by atoms with Crippen LogP contribution in [0.4, 0.5) is 0 Å². The smallest absolute Gasteiger partial charge is 0.223 e. The molecule has 0 radical (unpaired) electrons. The minimum absolute atomic E-state index is 0.323. The molecule has 0 saturated heterocycles. The van der Waals surface area contributed by atoms with Gasteiger partial charge in [-0.1, -0.05) is 6.07 Å². The van der Waals surface area contributed by atoms with Crippen LogP contribution in [-0.2, 0) is 0 Å². The van der Waals surface area contributed by atoms with Crippen molar-refractivity contribution in [3.05, 3.63) is 72.8 Å². The van der Waals surface area contributed by atoms with Crippen molar-refractivity contribution in [1.29, 1.82) is 0 Å². The standard InChI is InChI=1S/C21H15N3O2/c1-26-21-17(13-25)10-16(12-24-21)15-2-3-20-19(11-15)18(6-9-23-20)14-4-7-22-8-5-14/h2-13H,1H3. The van der Waals surface area contributed by atoms with Crippen molar-refractivity contribution in [2.24, 2.45) is 0 Å². The van der Waals surface area contributed by atoms with Gasteiger partial charge in [-0.15, -0.1) is 0 Å². The van der Waals surface area contributed by atoms with Crippen molar-refractivity contribution in [3.8, 4) is 28.1 Å². The number of methoxy groups -OCH3 is 1. The summed E-state index contributed by atoms with van der Waals surface area (Å²) in [7, 11) is 1.50. The number of hydrogen-bond donors (Lipinski definition) is 0. The molecule has 5 heteroatoms. The summed E-state index contributed by atoms with van der Waals surface area (Å²) >= 11 is 0. The first-order chi connectivity index (χ1) is 12.8. The summed E-state index contributed by atoms with van der Waals surface area (Å²) < 4.78 is 5.12. The molecule has 0 saturated carbocycles. The monoisotopic (exact) mass is 341 g/mol. The number of carbonyl (C=O) groups excluding carboxylic acids is 1. The van der Waals surface area contributed by atoms with Gasteiger partial charge in [0, 0.05) is 35.7 Å². The molecule has 0 aliphatic rings. The normalized spacial score (nSPS) is 10.7. The number of pyridine rings is 3. The van der Waals surface area contributed by atoms with Gasteiger partial charge in [0.2, 0.25) is 5.88 Å². The van der Waals surface area contributed by atoms with E-state index in [0.717, 1.165) is 39.4 Å². The second-order valence-electron chi connectivity index (χ2n) is 5.77. The summed E-state index contributed by atoms with van der Waals surface area (Å²) in [5.41, 5.74) is 5.28. The molecule has 0 aliphatic heterocycles. The largest absolute Gasteiger partial charge is 0.480 e. The third-order valence-corrected chi connectivity index (χ3v) is 4.27. The molecule has 0 aliphatic carbocycles. The highest BCUT2D eigenvalue weighted by molar-refractivity contribution is 5.97. The van der Waals surface area contributed by atoms with Crippen molar-refractivity contribution >= 4 is 17.2 Å². The molecule has 0 spiro atoms. The molecule has 0 atom stereocenters. The van der Waals surface area contributed by atoms with E-state index in [0.29, 0.717) is 11.4 Å². The van der Waals surface area contributed by atoms with Crippen LogP contribution < -0.4 is 4.74 Å². The van der Waals surface area contributed by atoms with Gasteiger partial charge in [-0.25, -0.2) is 4.98 Å². The highest BCUT2D eigenvalue weighted by Crippen LogP contribution is 2.31. The van der Waals surface area contributed by atoms with Crippen LogP contribution in [0, 0.1) is 0 Å². The average Bonchev–Trinajstić information content (AvgIpc) is 2.73. The maximum Gasteiger partial charge on any atom is 0.223 e.